The van der Waals surface area contributed by atoms with Crippen molar-refractivity contribution in [3.05, 3.63) is 0 Å². The van der Waals surface area contributed by atoms with E-state index in [9.17, 15) is 9.59 Å². The van der Waals surface area contributed by atoms with E-state index in [1.54, 1.807) is 0 Å². The molecule has 1 amide bonds. The Morgan fingerprint density at radius 3 is 2.35 bits per heavy atom. The number of aliphatic hydroxyl groups excluding tert-OH is 2. The summed E-state index contributed by atoms with van der Waals surface area (Å²) in [7, 11) is 0. The van der Waals surface area contributed by atoms with Crippen molar-refractivity contribution >= 4 is 11.9 Å². The molecule has 0 aliphatic rings. The third-order valence-electron chi connectivity index (χ3n) is 3.53. The van der Waals surface area contributed by atoms with Gasteiger partial charge in [-0.25, -0.2) is 0 Å². The van der Waals surface area contributed by atoms with Crippen LogP contribution in [0.4, 0.5) is 0 Å². The lowest BCUT2D eigenvalue weighted by atomic mass is 10.1. The molecule has 1 atom stereocenters. The van der Waals surface area contributed by atoms with Gasteiger partial charge in [0, 0.05) is 19.4 Å². The first-order chi connectivity index (χ1) is 11.1. The number of carbonyl (C=O) groups is 2. The third kappa shape index (κ3) is 15.5. The number of unbranched alkanes of at least 4 members (excludes halogenated alkanes) is 6. The fourth-order valence-corrected chi connectivity index (χ4v) is 2.09. The van der Waals surface area contributed by atoms with Gasteiger partial charge in [0.25, 0.3) is 0 Å². The predicted octanol–water partition coefficient (Wildman–Crippen LogP) is 1.92. The fourth-order valence-electron chi connectivity index (χ4n) is 2.09. The van der Waals surface area contributed by atoms with E-state index in [1.165, 1.54) is 19.3 Å². The standard InChI is InChI=1S/C17H33NO5/c1-2-3-4-5-7-10-16(21)18-12-9-6-8-11-17(22)23-14-15(20)13-19/h15,19-20H,2-14H2,1H3,(H,18,21). The summed E-state index contributed by atoms with van der Waals surface area (Å²) >= 11 is 0. The Bertz CT molecular complexity index is 309. The normalized spacial score (nSPS) is 12.0. The average molecular weight is 331 g/mol. The molecule has 0 radical (unpaired) electrons. The van der Waals surface area contributed by atoms with Crippen LogP contribution in [0.1, 0.15) is 71.1 Å². The second kappa shape index (κ2) is 15.7. The number of ether oxygens (including phenoxy) is 1. The number of hydrogen-bond acceptors (Lipinski definition) is 5. The minimum atomic E-state index is -1.00. The lowest BCUT2D eigenvalue weighted by Crippen LogP contribution is -2.24. The van der Waals surface area contributed by atoms with Gasteiger partial charge in [-0.2, -0.15) is 0 Å². The van der Waals surface area contributed by atoms with Crippen LogP contribution in [0.15, 0.2) is 0 Å². The van der Waals surface area contributed by atoms with Crippen LogP contribution >= 0.6 is 0 Å². The molecule has 0 saturated carbocycles. The first-order valence-electron chi connectivity index (χ1n) is 8.81. The van der Waals surface area contributed by atoms with Crippen molar-refractivity contribution < 1.29 is 24.5 Å². The van der Waals surface area contributed by atoms with Crippen molar-refractivity contribution in [2.45, 2.75) is 77.2 Å². The molecule has 6 heteroatoms. The zero-order chi connectivity index (χ0) is 17.3. The third-order valence-corrected chi connectivity index (χ3v) is 3.53. The molecule has 0 fully saturated rings. The largest absolute Gasteiger partial charge is 0.463 e. The zero-order valence-electron chi connectivity index (χ0n) is 14.4. The van der Waals surface area contributed by atoms with Gasteiger partial charge in [-0.15, -0.1) is 0 Å². The van der Waals surface area contributed by atoms with Gasteiger partial charge < -0.3 is 20.3 Å². The smallest absolute Gasteiger partial charge is 0.305 e. The molecule has 0 rings (SSSR count). The summed E-state index contributed by atoms with van der Waals surface area (Å²) < 4.78 is 4.79. The molecule has 0 aromatic carbocycles. The van der Waals surface area contributed by atoms with E-state index in [0.29, 0.717) is 25.8 Å². The number of hydrogen-bond donors (Lipinski definition) is 3. The fraction of sp³-hybridized carbons (Fsp3) is 0.882. The zero-order valence-corrected chi connectivity index (χ0v) is 14.4. The molecular formula is C17H33NO5. The van der Waals surface area contributed by atoms with Crippen molar-refractivity contribution in [1.29, 1.82) is 0 Å². The monoisotopic (exact) mass is 331 g/mol. The van der Waals surface area contributed by atoms with Crippen LogP contribution < -0.4 is 5.32 Å². The summed E-state index contributed by atoms with van der Waals surface area (Å²) in [5, 5.41) is 20.5. The van der Waals surface area contributed by atoms with Crippen LogP contribution in [-0.2, 0) is 14.3 Å². The lowest BCUT2D eigenvalue weighted by molar-refractivity contribution is -0.147. The van der Waals surface area contributed by atoms with Gasteiger partial charge in [0.2, 0.25) is 5.91 Å². The van der Waals surface area contributed by atoms with Crippen molar-refractivity contribution in [2.75, 3.05) is 19.8 Å². The maximum atomic E-state index is 11.6. The summed E-state index contributed by atoms with van der Waals surface area (Å²) in [6, 6.07) is 0. The first kappa shape index (κ1) is 21.9. The highest BCUT2D eigenvalue weighted by molar-refractivity contribution is 5.75. The predicted molar refractivity (Wildman–Crippen MR) is 88.9 cm³/mol. The molecule has 0 heterocycles. The minimum absolute atomic E-state index is 0.110. The molecule has 0 spiro atoms. The lowest BCUT2D eigenvalue weighted by Gasteiger charge is -2.08. The minimum Gasteiger partial charge on any atom is -0.463 e. The molecule has 0 bridgehead atoms. The van der Waals surface area contributed by atoms with Crippen molar-refractivity contribution in [3.8, 4) is 0 Å². The molecule has 136 valence electrons. The van der Waals surface area contributed by atoms with E-state index in [2.05, 4.69) is 12.2 Å². The van der Waals surface area contributed by atoms with E-state index in [1.807, 2.05) is 0 Å². The Balaban J connectivity index is 3.34. The van der Waals surface area contributed by atoms with Gasteiger partial charge in [0.15, 0.2) is 0 Å². The Hall–Kier alpha value is -1.14. The van der Waals surface area contributed by atoms with Gasteiger partial charge in [-0.3, -0.25) is 9.59 Å². The second-order valence-corrected chi connectivity index (χ2v) is 5.84. The summed E-state index contributed by atoms with van der Waals surface area (Å²) in [5.74, 6) is -0.257. The van der Waals surface area contributed by atoms with E-state index < -0.39 is 12.7 Å². The summed E-state index contributed by atoms with van der Waals surface area (Å²) in [6.07, 6.45) is 8.00. The van der Waals surface area contributed by atoms with Gasteiger partial charge in [0.05, 0.1) is 6.61 Å². The molecule has 6 nitrogen and oxygen atoms in total. The Morgan fingerprint density at radius 2 is 1.65 bits per heavy atom. The Morgan fingerprint density at radius 1 is 1.00 bits per heavy atom. The number of aliphatic hydroxyl groups is 2. The summed E-state index contributed by atoms with van der Waals surface area (Å²) in [6.45, 7) is 2.24. The second-order valence-electron chi connectivity index (χ2n) is 5.84. The van der Waals surface area contributed by atoms with Crippen LogP contribution in [0.25, 0.3) is 0 Å². The Kier molecular flexibility index (Phi) is 15.0. The van der Waals surface area contributed by atoms with Crippen molar-refractivity contribution in [3.63, 3.8) is 0 Å². The highest BCUT2D eigenvalue weighted by atomic mass is 16.5. The van der Waals surface area contributed by atoms with Crippen molar-refractivity contribution in [2.24, 2.45) is 0 Å². The van der Waals surface area contributed by atoms with Crippen LogP contribution in [0.5, 0.6) is 0 Å². The van der Waals surface area contributed by atoms with E-state index in [-0.39, 0.29) is 18.5 Å². The van der Waals surface area contributed by atoms with Crippen LogP contribution in [0.2, 0.25) is 0 Å². The van der Waals surface area contributed by atoms with Crippen LogP contribution in [0.3, 0.4) is 0 Å². The summed E-state index contributed by atoms with van der Waals surface area (Å²) in [5.41, 5.74) is 0. The average Bonchev–Trinajstić information content (AvgIpc) is 2.55. The number of nitrogens with one attached hydrogen (secondary N) is 1. The molecule has 23 heavy (non-hydrogen) atoms. The van der Waals surface area contributed by atoms with Gasteiger partial charge >= 0.3 is 5.97 Å². The molecular weight excluding hydrogens is 298 g/mol. The highest BCUT2D eigenvalue weighted by Crippen LogP contribution is 2.05. The topological polar surface area (TPSA) is 95.9 Å². The quantitative estimate of drug-likeness (QED) is 0.315. The van der Waals surface area contributed by atoms with E-state index in [4.69, 9.17) is 14.9 Å². The molecule has 0 aliphatic heterocycles. The van der Waals surface area contributed by atoms with Gasteiger partial charge in [-0.1, -0.05) is 39.0 Å². The number of amides is 1. The molecule has 0 aromatic rings. The van der Waals surface area contributed by atoms with Crippen LogP contribution in [0, 0.1) is 0 Å². The first-order valence-corrected chi connectivity index (χ1v) is 8.81. The number of carbonyl (C=O) groups excluding carboxylic acids is 2. The van der Waals surface area contributed by atoms with Crippen LogP contribution in [-0.4, -0.2) is 48.0 Å². The molecule has 3 N–H and O–H groups in total. The van der Waals surface area contributed by atoms with Gasteiger partial charge in [-0.05, 0) is 19.3 Å². The van der Waals surface area contributed by atoms with Crippen molar-refractivity contribution in [1.82, 2.24) is 5.32 Å². The molecule has 0 saturated heterocycles. The van der Waals surface area contributed by atoms with E-state index >= 15 is 0 Å². The maximum absolute atomic E-state index is 11.6. The van der Waals surface area contributed by atoms with Gasteiger partial charge in [0.1, 0.15) is 12.7 Å². The summed E-state index contributed by atoms with van der Waals surface area (Å²) in [4.78, 5) is 22.9. The maximum Gasteiger partial charge on any atom is 0.305 e. The van der Waals surface area contributed by atoms with E-state index in [0.717, 1.165) is 25.7 Å². The SMILES string of the molecule is CCCCCCCC(=O)NCCCCCC(=O)OCC(O)CO. The number of esters is 1. The number of rotatable bonds is 15. The highest BCUT2D eigenvalue weighted by Gasteiger charge is 2.07. The molecule has 0 aliphatic carbocycles. The molecule has 1 unspecified atom stereocenters. The Labute approximate surface area is 139 Å². The molecule has 0 aromatic heterocycles.